The highest BCUT2D eigenvalue weighted by Gasteiger charge is 2.53. The molecule has 0 bridgehead atoms. The van der Waals surface area contributed by atoms with Gasteiger partial charge in [0.15, 0.2) is 0 Å². The molecule has 0 spiro atoms. The summed E-state index contributed by atoms with van der Waals surface area (Å²) in [6.07, 6.45) is 5.81. The molecule has 2 aliphatic heterocycles. The molecular formula is C23H40N2O5S. The Labute approximate surface area is 190 Å². The van der Waals surface area contributed by atoms with Crippen LogP contribution in [-0.4, -0.2) is 87.9 Å². The molecule has 4 N–H and O–H groups in total. The monoisotopic (exact) mass is 456 g/mol. The van der Waals surface area contributed by atoms with E-state index in [1.807, 2.05) is 13.1 Å². The Morgan fingerprint density at radius 1 is 1.29 bits per heavy atom. The Balaban J connectivity index is 1.85. The number of rotatable bonds is 8. The Morgan fingerprint density at radius 3 is 2.55 bits per heavy atom. The van der Waals surface area contributed by atoms with E-state index in [1.54, 1.807) is 6.26 Å². The maximum atomic E-state index is 13.4. The summed E-state index contributed by atoms with van der Waals surface area (Å²) in [6.45, 7) is 7.14. The van der Waals surface area contributed by atoms with Gasteiger partial charge in [0, 0.05) is 12.0 Å². The molecule has 8 heteroatoms. The SMILES string of the molecule is C=CC1([C@@H](NC(=O)[C@@H]2C[C@@H](CCC)CN2C)[C@H]2OC(SC)[C@H](O)C(O)C2O)CCCC1. The Morgan fingerprint density at radius 2 is 1.97 bits per heavy atom. The fourth-order valence-electron chi connectivity index (χ4n) is 5.85. The highest BCUT2D eigenvalue weighted by molar-refractivity contribution is 7.99. The van der Waals surface area contributed by atoms with E-state index in [9.17, 15) is 20.1 Å². The van der Waals surface area contributed by atoms with Crippen LogP contribution in [0, 0.1) is 11.3 Å². The first-order chi connectivity index (χ1) is 14.8. The molecule has 1 amide bonds. The summed E-state index contributed by atoms with van der Waals surface area (Å²) in [6, 6.07) is -0.736. The average molecular weight is 457 g/mol. The zero-order chi connectivity index (χ0) is 22.8. The molecule has 2 saturated heterocycles. The molecule has 3 unspecified atom stereocenters. The summed E-state index contributed by atoms with van der Waals surface area (Å²) < 4.78 is 6.11. The van der Waals surface area contributed by atoms with Crippen molar-refractivity contribution in [1.29, 1.82) is 0 Å². The zero-order valence-electron chi connectivity index (χ0n) is 19.1. The van der Waals surface area contributed by atoms with Crippen molar-refractivity contribution in [3.05, 3.63) is 12.7 Å². The number of likely N-dealkylation sites (N-methyl/N-ethyl adjacent to an activating group) is 1. The summed E-state index contributed by atoms with van der Waals surface area (Å²) >= 11 is 1.29. The van der Waals surface area contributed by atoms with Gasteiger partial charge in [-0.05, 0) is 44.9 Å². The first kappa shape index (κ1) is 25.0. The fourth-order valence-corrected chi connectivity index (χ4v) is 6.53. The summed E-state index contributed by atoms with van der Waals surface area (Å²) in [7, 11) is 1.99. The third-order valence-electron chi connectivity index (χ3n) is 7.66. The van der Waals surface area contributed by atoms with E-state index < -0.39 is 41.3 Å². The molecule has 178 valence electrons. The van der Waals surface area contributed by atoms with Crippen LogP contribution in [-0.2, 0) is 9.53 Å². The van der Waals surface area contributed by atoms with Crippen molar-refractivity contribution in [2.24, 2.45) is 11.3 Å². The van der Waals surface area contributed by atoms with Gasteiger partial charge in [-0.15, -0.1) is 18.3 Å². The van der Waals surface area contributed by atoms with E-state index in [-0.39, 0.29) is 11.9 Å². The minimum absolute atomic E-state index is 0.0589. The van der Waals surface area contributed by atoms with Crippen molar-refractivity contribution in [2.45, 2.75) is 93.8 Å². The maximum Gasteiger partial charge on any atom is 0.237 e. The summed E-state index contributed by atoms with van der Waals surface area (Å²) in [5, 5.41) is 34.9. The second-order valence-electron chi connectivity index (χ2n) is 9.65. The summed E-state index contributed by atoms with van der Waals surface area (Å²) in [5.41, 5.74) is -1.08. The lowest BCUT2D eigenvalue weighted by Crippen LogP contribution is -2.66. The Kier molecular flexibility index (Phi) is 8.49. The molecule has 3 rings (SSSR count). The van der Waals surface area contributed by atoms with Crippen molar-refractivity contribution >= 4 is 17.7 Å². The van der Waals surface area contributed by atoms with Crippen molar-refractivity contribution in [3.8, 4) is 0 Å². The molecule has 31 heavy (non-hydrogen) atoms. The number of amides is 1. The number of nitrogens with zero attached hydrogens (tertiary/aromatic N) is 1. The number of hydrogen-bond donors (Lipinski definition) is 4. The molecule has 1 aliphatic carbocycles. The first-order valence-corrected chi connectivity index (χ1v) is 12.9. The number of carbonyl (C=O) groups excluding carboxylic acids is 1. The molecule has 0 radical (unpaired) electrons. The highest BCUT2D eigenvalue weighted by atomic mass is 32.2. The minimum Gasteiger partial charge on any atom is -0.388 e. The van der Waals surface area contributed by atoms with Crippen LogP contribution in [0.25, 0.3) is 0 Å². The van der Waals surface area contributed by atoms with Gasteiger partial charge in [-0.25, -0.2) is 0 Å². The number of thioether (sulfide) groups is 1. The summed E-state index contributed by atoms with van der Waals surface area (Å²) in [4.78, 5) is 15.6. The first-order valence-electron chi connectivity index (χ1n) is 11.6. The van der Waals surface area contributed by atoms with Crippen LogP contribution >= 0.6 is 11.8 Å². The van der Waals surface area contributed by atoms with E-state index in [1.165, 1.54) is 11.8 Å². The van der Waals surface area contributed by atoms with E-state index in [2.05, 4.69) is 23.7 Å². The minimum atomic E-state index is -1.33. The van der Waals surface area contributed by atoms with Gasteiger partial charge in [-0.2, -0.15) is 0 Å². The molecule has 2 heterocycles. The van der Waals surface area contributed by atoms with Crippen LogP contribution in [0.5, 0.6) is 0 Å². The van der Waals surface area contributed by atoms with Crippen molar-refractivity contribution < 1.29 is 24.9 Å². The smallest absolute Gasteiger partial charge is 0.237 e. The second-order valence-corrected chi connectivity index (χ2v) is 10.6. The van der Waals surface area contributed by atoms with Gasteiger partial charge in [0.25, 0.3) is 0 Å². The number of ether oxygens (including phenoxy) is 1. The number of aliphatic hydroxyl groups is 3. The predicted molar refractivity (Wildman–Crippen MR) is 123 cm³/mol. The van der Waals surface area contributed by atoms with E-state index >= 15 is 0 Å². The zero-order valence-corrected chi connectivity index (χ0v) is 19.9. The van der Waals surface area contributed by atoms with Crippen LogP contribution in [0.4, 0.5) is 0 Å². The van der Waals surface area contributed by atoms with Crippen LogP contribution in [0.2, 0.25) is 0 Å². The lowest BCUT2D eigenvalue weighted by Gasteiger charge is -2.48. The van der Waals surface area contributed by atoms with E-state index in [4.69, 9.17) is 4.74 Å². The number of hydrogen-bond acceptors (Lipinski definition) is 7. The molecule has 8 atom stereocenters. The molecule has 0 aromatic heterocycles. The van der Waals surface area contributed by atoms with Gasteiger partial charge < -0.3 is 25.4 Å². The quantitative estimate of drug-likeness (QED) is 0.411. The van der Waals surface area contributed by atoms with Crippen molar-refractivity contribution in [2.75, 3.05) is 19.8 Å². The van der Waals surface area contributed by atoms with Gasteiger partial charge in [-0.3, -0.25) is 9.69 Å². The molecule has 1 saturated carbocycles. The molecule has 0 aromatic carbocycles. The standard InChI is InChI=1S/C23H40N2O5S/c1-5-9-14-12-15(25(3)13-14)21(29)24-20(23(6-2)10-7-8-11-23)19-17(27)16(26)18(28)22(30-19)31-4/h6,14-20,22,26-28H,2,5,7-13H2,1,3-4H3,(H,24,29)/t14-,15+,16?,17?,18-,19+,20+,22?/m1/s1. The van der Waals surface area contributed by atoms with E-state index in [0.29, 0.717) is 5.92 Å². The number of carbonyl (C=O) groups is 1. The van der Waals surface area contributed by atoms with Gasteiger partial charge in [0.05, 0.1) is 12.1 Å². The van der Waals surface area contributed by atoms with Gasteiger partial charge in [-0.1, -0.05) is 32.3 Å². The Bertz CT molecular complexity index is 627. The van der Waals surface area contributed by atoms with Gasteiger partial charge >= 0.3 is 0 Å². The molecule has 3 fully saturated rings. The van der Waals surface area contributed by atoms with E-state index in [0.717, 1.165) is 51.5 Å². The number of likely N-dealkylation sites (tertiary alicyclic amines) is 1. The van der Waals surface area contributed by atoms with Crippen LogP contribution in [0.1, 0.15) is 51.9 Å². The molecule has 7 nitrogen and oxygen atoms in total. The summed E-state index contributed by atoms with van der Waals surface area (Å²) in [5.74, 6) is 0.453. The molecular weight excluding hydrogens is 416 g/mol. The number of nitrogens with one attached hydrogen (secondary N) is 1. The highest BCUT2D eigenvalue weighted by Crippen LogP contribution is 2.46. The van der Waals surface area contributed by atoms with Crippen LogP contribution in [0.3, 0.4) is 0 Å². The molecule has 0 aromatic rings. The van der Waals surface area contributed by atoms with Crippen LogP contribution in [0.15, 0.2) is 12.7 Å². The topological polar surface area (TPSA) is 102 Å². The largest absolute Gasteiger partial charge is 0.388 e. The lowest BCUT2D eigenvalue weighted by atomic mass is 9.73. The van der Waals surface area contributed by atoms with Crippen molar-refractivity contribution in [1.82, 2.24) is 10.2 Å². The van der Waals surface area contributed by atoms with Gasteiger partial charge in [0.2, 0.25) is 5.91 Å². The third kappa shape index (κ3) is 4.99. The second kappa shape index (κ2) is 10.5. The fraction of sp³-hybridized carbons (Fsp3) is 0.870. The Hall–Kier alpha value is -0.640. The maximum absolute atomic E-state index is 13.4. The van der Waals surface area contributed by atoms with Gasteiger partial charge in [0.1, 0.15) is 29.9 Å². The normalized spacial score (nSPS) is 39.4. The average Bonchev–Trinajstić information content (AvgIpc) is 3.38. The van der Waals surface area contributed by atoms with Crippen molar-refractivity contribution in [3.63, 3.8) is 0 Å². The predicted octanol–water partition coefficient (Wildman–Crippen LogP) is 1.51. The molecule has 3 aliphatic rings. The van der Waals surface area contributed by atoms with Crippen LogP contribution < -0.4 is 5.32 Å². The number of aliphatic hydroxyl groups excluding tert-OH is 3. The third-order valence-corrected chi connectivity index (χ3v) is 8.51. The lowest BCUT2D eigenvalue weighted by molar-refractivity contribution is -0.211.